The van der Waals surface area contributed by atoms with Crippen LogP contribution >= 0.6 is 46.1 Å². The second-order valence-electron chi connectivity index (χ2n) is 10.6. The number of amides is 1. The molecule has 0 spiro atoms. The van der Waals surface area contributed by atoms with Crippen LogP contribution in [0.25, 0.3) is 6.08 Å². The molecule has 1 aliphatic rings. The summed E-state index contributed by atoms with van der Waals surface area (Å²) in [6.45, 7) is 4.43. The first-order valence-corrected chi connectivity index (χ1v) is 16.6. The SMILES string of the molecule is CCOc1ccc([C@@H]2C(C(=O)Nc3ccccc3)=C(C)N=c3s/c(=C\c4cc(Cl)ccc4OCc4ccc(Cl)c(Cl)c4)c(=O)n32)cc1. The zero-order valence-electron chi connectivity index (χ0n) is 25.3. The van der Waals surface area contributed by atoms with Crippen LogP contribution in [0.4, 0.5) is 5.69 Å². The fourth-order valence-corrected chi connectivity index (χ4v) is 6.79. The molecule has 0 saturated heterocycles. The van der Waals surface area contributed by atoms with Crippen LogP contribution in [0.2, 0.25) is 15.1 Å². The van der Waals surface area contributed by atoms with E-state index in [1.807, 2.05) is 55.5 Å². The zero-order chi connectivity index (χ0) is 33.1. The second-order valence-corrected chi connectivity index (χ2v) is 12.9. The number of ether oxygens (including phenoxy) is 2. The van der Waals surface area contributed by atoms with Crippen LogP contribution in [0.5, 0.6) is 11.5 Å². The van der Waals surface area contributed by atoms with E-state index in [0.29, 0.717) is 65.0 Å². The van der Waals surface area contributed by atoms with Gasteiger partial charge in [-0.15, -0.1) is 0 Å². The van der Waals surface area contributed by atoms with Gasteiger partial charge in [0.25, 0.3) is 11.5 Å². The van der Waals surface area contributed by atoms with Gasteiger partial charge in [0, 0.05) is 16.3 Å². The number of nitrogens with zero attached hydrogens (tertiary/aromatic N) is 2. The van der Waals surface area contributed by atoms with Gasteiger partial charge in [0.1, 0.15) is 18.1 Å². The fourth-order valence-electron chi connectivity index (χ4n) is 5.26. The van der Waals surface area contributed by atoms with Gasteiger partial charge in [-0.2, -0.15) is 0 Å². The number of hydrogen-bond acceptors (Lipinski definition) is 6. The highest BCUT2D eigenvalue weighted by Gasteiger charge is 2.32. The molecule has 2 heterocycles. The van der Waals surface area contributed by atoms with Crippen molar-refractivity contribution in [3.8, 4) is 11.5 Å². The quantitative estimate of drug-likeness (QED) is 0.170. The number of anilines is 1. The van der Waals surface area contributed by atoms with Crippen LogP contribution < -0.4 is 29.7 Å². The zero-order valence-corrected chi connectivity index (χ0v) is 28.4. The Labute approximate surface area is 290 Å². The molecule has 1 atom stereocenters. The molecule has 1 aromatic heterocycles. The molecular weight excluding hydrogens is 677 g/mol. The first-order chi connectivity index (χ1) is 22.7. The third kappa shape index (κ3) is 7.16. The van der Waals surface area contributed by atoms with Crippen molar-refractivity contribution in [2.24, 2.45) is 4.99 Å². The molecular formula is C36H28Cl3N3O4S. The summed E-state index contributed by atoms with van der Waals surface area (Å²) in [6, 6.07) is 26.3. The Balaban J connectivity index is 1.43. The third-order valence-corrected chi connectivity index (χ3v) is 9.40. The summed E-state index contributed by atoms with van der Waals surface area (Å²) in [5.74, 6) is 0.862. The summed E-state index contributed by atoms with van der Waals surface area (Å²) in [5.41, 5.74) is 3.38. The number of rotatable bonds is 9. The first kappa shape index (κ1) is 32.6. The number of carbonyl (C=O) groups excluding carboxylic acids is 1. The number of nitrogens with one attached hydrogen (secondary N) is 1. The highest BCUT2D eigenvalue weighted by Crippen LogP contribution is 2.32. The molecule has 1 aliphatic heterocycles. The Bertz CT molecular complexity index is 2180. The topological polar surface area (TPSA) is 81.9 Å². The van der Waals surface area contributed by atoms with Crippen molar-refractivity contribution in [3.05, 3.63) is 154 Å². The molecule has 0 fully saturated rings. The number of carbonyl (C=O) groups is 1. The van der Waals surface area contributed by atoms with Crippen molar-refractivity contribution in [1.82, 2.24) is 4.57 Å². The molecule has 0 aliphatic carbocycles. The normalized spacial score (nSPS) is 14.4. The number of para-hydroxylation sites is 1. The Hall–Kier alpha value is -4.34. The molecule has 1 N–H and O–H groups in total. The summed E-state index contributed by atoms with van der Waals surface area (Å²) in [4.78, 5) is 33.3. The lowest BCUT2D eigenvalue weighted by atomic mass is 9.95. The van der Waals surface area contributed by atoms with Crippen LogP contribution in [0.15, 0.2) is 112 Å². The maximum atomic E-state index is 14.3. The molecule has 0 saturated carbocycles. The van der Waals surface area contributed by atoms with E-state index in [1.54, 1.807) is 60.0 Å². The van der Waals surface area contributed by atoms with E-state index in [9.17, 15) is 9.59 Å². The molecule has 0 radical (unpaired) electrons. The van der Waals surface area contributed by atoms with Gasteiger partial charge in [0.2, 0.25) is 0 Å². The van der Waals surface area contributed by atoms with E-state index >= 15 is 0 Å². The van der Waals surface area contributed by atoms with E-state index in [-0.39, 0.29) is 18.1 Å². The Morgan fingerprint density at radius 2 is 1.72 bits per heavy atom. The molecule has 6 rings (SSSR count). The Kier molecular flexibility index (Phi) is 9.84. The van der Waals surface area contributed by atoms with Crippen molar-refractivity contribution in [1.29, 1.82) is 0 Å². The standard InChI is InChI=1S/C36H28Cl3N3O4S/c1-3-45-27-13-10-23(11-14-27)33-32(34(43)41-26-7-5-4-6-8-26)21(2)40-36-42(33)35(44)31(47-36)19-24-18-25(37)12-16-30(24)46-20-22-9-15-28(38)29(39)17-22/h4-19,33H,3,20H2,1-2H3,(H,41,43)/b31-19-/t33-/m1/s1. The van der Waals surface area contributed by atoms with Crippen molar-refractivity contribution >= 4 is 63.8 Å². The van der Waals surface area contributed by atoms with Gasteiger partial charge in [-0.05, 0) is 85.6 Å². The number of halogens is 3. The Morgan fingerprint density at radius 1 is 0.957 bits per heavy atom. The second kappa shape index (κ2) is 14.2. The molecule has 11 heteroatoms. The van der Waals surface area contributed by atoms with E-state index in [2.05, 4.69) is 5.32 Å². The maximum Gasteiger partial charge on any atom is 0.271 e. The smallest absolute Gasteiger partial charge is 0.271 e. The monoisotopic (exact) mass is 703 g/mol. The lowest BCUT2D eigenvalue weighted by molar-refractivity contribution is -0.113. The van der Waals surface area contributed by atoms with Crippen molar-refractivity contribution < 1.29 is 14.3 Å². The van der Waals surface area contributed by atoms with Gasteiger partial charge in [-0.25, -0.2) is 4.99 Å². The fraction of sp³-hybridized carbons (Fsp3) is 0.139. The van der Waals surface area contributed by atoms with E-state index < -0.39 is 6.04 Å². The minimum atomic E-state index is -0.738. The largest absolute Gasteiger partial charge is 0.494 e. The molecule has 47 heavy (non-hydrogen) atoms. The van der Waals surface area contributed by atoms with Crippen LogP contribution in [0, 0.1) is 0 Å². The number of thiazole rings is 1. The number of fused-ring (bicyclic) bond motifs is 1. The highest BCUT2D eigenvalue weighted by atomic mass is 35.5. The number of benzene rings is 4. The number of allylic oxidation sites excluding steroid dienone is 1. The lowest BCUT2D eigenvalue weighted by Gasteiger charge is -2.25. The summed E-state index contributed by atoms with van der Waals surface area (Å²) in [5, 5.41) is 4.34. The summed E-state index contributed by atoms with van der Waals surface area (Å²) in [7, 11) is 0. The maximum absolute atomic E-state index is 14.3. The van der Waals surface area contributed by atoms with Crippen LogP contribution in [0.3, 0.4) is 0 Å². The van der Waals surface area contributed by atoms with E-state index in [0.717, 1.165) is 11.1 Å². The summed E-state index contributed by atoms with van der Waals surface area (Å²) < 4.78 is 13.8. The average molecular weight is 705 g/mol. The van der Waals surface area contributed by atoms with Gasteiger partial charge in [0.05, 0.1) is 38.5 Å². The molecule has 0 bridgehead atoms. The van der Waals surface area contributed by atoms with Crippen LogP contribution in [-0.4, -0.2) is 17.1 Å². The summed E-state index contributed by atoms with van der Waals surface area (Å²) >= 11 is 19.9. The molecule has 0 unspecified atom stereocenters. The molecule has 4 aromatic carbocycles. The minimum Gasteiger partial charge on any atom is -0.494 e. The van der Waals surface area contributed by atoms with Crippen molar-refractivity contribution in [3.63, 3.8) is 0 Å². The molecule has 7 nitrogen and oxygen atoms in total. The average Bonchev–Trinajstić information content (AvgIpc) is 3.36. The Morgan fingerprint density at radius 3 is 2.45 bits per heavy atom. The highest BCUT2D eigenvalue weighted by molar-refractivity contribution is 7.07. The lowest BCUT2D eigenvalue weighted by Crippen LogP contribution is -2.40. The summed E-state index contributed by atoms with van der Waals surface area (Å²) in [6.07, 6.45) is 1.73. The van der Waals surface area contributed by atoms with Crippen LogP contribution in [-0.2, 0) is 11.4 Å². The van der Waals surface area contributed by atoms with E-state index in [1.165, 1.54) is 11.3 Å². The van der Waals surface area contributed by atoms with Crippen molar-refractivity contribution in [2.75, 3.05) is 11.9 Å². The third-order valence-electron chi connectivity index (χ3n) is 7.44. The molecule has 238 valence electrons. The molecule has 5 aromatic rings. The minimum absolute atomic E-state index is 0.220. The predicted molar refractivity (Wildman–Crippen MR) is 189 cm³/mol. The van der Waals surface area contributed by atoms with Gasteiger partial charge in [-0.1, -0.05) is 82.5 Å². The predicted octanol–water partition coefficient (Wildman–Crippen LogP) is 7.81. The van der Waals surface area contributed by atoms with Gasteiger partial charge in [-0.3, -0.25) is 14.2 Å². The van der Waals surface area contributed by atoms with Crippen molar-refractivity contribution in [2.45, 2.75) is 26.5 Å². The first-order valence-electron chi connectivity index (χ1n) is 14.7. The van der Waals surface area contributed by atoms with Gasteiger partial charge in [0.15, 0.2) is 4.80 Å². The number of hydrogen-bond donors (Lipinski definition) is 1. The van der Waals surface area contributed by atoms with Gasteiger partial charge >= 0.3 is 0 Å². The number of aromatic nitrogens is 1. The van der Waals surface area contributed by atoms with Gasteiger partial charge < -0.3 is 14.8 Å². The van der Waals surface area contributed by atoms with Crippen LogP contribution in [0.1, 0.15) is 36.6 Å². The van der Waals surface area contributed by atoms with E-state index in [4.69, 9.17) is 49.3 Å². The molecule has 1 amide bonds.